The molecule has 0 saturated carbocycles. The smallest absolute Gasteiger partial charge is 0.341 e. The van der Waals surface area contributed by atoms with Gasteiger partial charge >= 0.3 is 23.9 Å². The molecule has 0 fully saturated rings. The van der Waals surface area contributed by atoms with E-state index in [-0.39, 0.29) is 11.9 Å². The Kier molecular flexibility index (Phi) is 26.1. The SMILES string of the molecule is C=CC(=O)OCCCCCCOc1ccc2cc(C#Cc3ccc(OCCCCCCOc4ccc(C#Cc5ccc6cc(OCCCCCCOC(=O)C=C)ccc6c5)cc4C(=O)OCCC)c(C(=O)OCCC)c3)ccc2c1. The highest BCUT2D eigenvalue weighted by molar-refractivity contribution is 5.94. The summed E-state index contributed by atoms with van der Waals surface area (Å²) >= 11 is 0. The van der Waals surface area contributed by atoms with Gasteiger partial charge in [0, 0.05) is 34.4 Å². The van der Waals surface area contributed by atoms with Crippen LogP contribution in [-0.4, -0.2) is 76.7 Å². The van der Waals surface area contributed by atoms with Crippen molar-refractivity contribution in [1.29, 1.82) is 0 Å². The lowest BCUT2D eigenvalue weighted by Gasteiger charge is -2.13. The van der Waals surface area contributed by atoms with Gasteiger partial charge in [-0.2, -0.15) is 0 Å². The minimum absolute atomic E-state index is 0.298. The summed E-state index contributed by atoms with van der Waals surface area (Å²) < 4.78 is 45.4. The Bertz CT molecular complexity index is 2940. The van der Waals surface area contributed by atoms with Gasteiger partial charge in [0.1, 0.15) is 34.1 Å². The number of esters is 4. The Morgan fingerprint density at radius 1 is 0.362 bits per heavy atom. The number of fused-ring (bicyclic) bond motifs is 2. The molecule has 0 N–H and O–H groups in total. The molecule has 0 heterocycles. The Hall–Kier alpha value is -8.48. The van der Waals surface area contributed by atoms with Crippen LogP contribution in [0, 0.1) is 23.7 Å². The van der Waals surface area contributed by atoms with Gasteiger partial charge in [0.25, 0.3) is 0 Å². The molecule has 12 nitrogen and oxygen atoms in total. The van der Waals surface area contributed by atoms with Gasteiger partial charge in [-0.15, -0.1) is 0 Å². The first-order chi connectivity index (χ1) is 39.2. The molecule has 12 heteroatoms. The molecule has 0 aliphatic rings. The van der Waals surface area contributed by atoms with Gasteiger partial charge in [-0.25, -0.2) is 19.2 Å². The van der Waals surface area contributed by atoms with Crippen LogP contribution in [0.3, 0.4) is 0 Å². The van der Waals surface area contributed by atoms with E-state index >= 15 is 0 Å². The summed E-state index contributed by atoms with van der Waals surface area (Å²) in [5.74, 6) is 13.8. The summed E-state index contributed by atoms with van der Waals surface area (Å²) in [6.07, 6.45) is 14.3. The molecular formula is C68H74O12. The lowest BCUT2D eigenvalue weighted by atomic mass is 10.1. The number of carbonyl (C=O) groups excluding carboxylic acids is 4. The van der Waals surface area contributed by atoms with Gasteiger partial charge in [-0.1, -0.05) is 75.0 Å². The fraction of sp³-hybridized carbons (Fsp3) is 0.353. The van der Waals surface area contributed by atoms with E-state index in [0.29, 0.717) is 99.4 Å². The average Bonchev–Trinajstić information content (AvgIpc) is 3.49. The summed E-state index contributed by atoms with van der Waals surface area (Å²) in [6.45, 7) is 14.1. The number of rotatable bonds is 33. The maximum atomic E-state index is 13.2. The highest BCUT2D eigenvalue weighted by atomic mass is 16.5. The Morgan fingerprint density at radius 2 is 0.688 bits per heavy atom. The number of carbonyl (C=O) groups is 4. The van der Waals surface area contributed by atoms with Crippen molar-refractivity contribution in [2.75, 3.05) is 52.9 Å². The number of hydrogen-bond acceptors (Lipinski definition) is 12. The van der Waals surface area contributed by atoms with Crippen molar-refractivity contribution in [1.82, 2.24) is 0 Å². The summed E-state index contributed by atoms with van der Waals surface area (Å²) in [6, 6.07) is 34.8. The molecule has 0 bridgehead atoms. The molecule has 0 saturated heterocycles. The van der Waals surface area contributed by atoms with E-state index in [1.54, 1.807) is 24.3 Å². The van der Waals surface area contributed by atoms with E-state index in [0.717, 1.165) is 121 Å². The van der Waals surface area contributed by atoms with Crippen LogP contribution in [0.2, 0.25) is 0 Å². The van der Waals surface area contributed by atoms with E-state index in [4.69, 9.17) is 37.9 Å². The monoisotopic (exact) mass is 1080 g/mol. The van der Waals surface area contributed by atoms with Crippen LogP contribution in [-0.2, 0) is 28.5 Å². The second-order valence-electron chi connectivity index (χ2n) is 19.0. The van der Waals surface area contributed by atoms with E-state index in [2.05, 4.69) is 36.8 Å². The number of unbranched alkanes of at least 4 members (excludes halogenated alkanes) is 9. The van der Waals surface area contributed by atoms with Crippen molar-refractivity contribution < 1.29 is 57.1 Å². The molecule has 0 atom stereocenters. The van der Waals surface area contributed by atoms with Crippen molar-refractivity contribution in [3.8, 4) is 46.7 Å². The number of hydrogen-bond donors (Lipinski definition) is 0. The number of ether oxygens (including phenoxy) is 8. The molecule has 418 valence electrons. The van der Waals surface area contributed by atoms with Crippen molar-refractivity contribution >= 4 is 45.4 Å². The lowest BCUT2D eigenvalue weighted by molar-refractivity contribution is -0.138. The van der Waals surface area contributed by atoms with Gasteiger partial charge in [-0.05, 0) is 196 Å². The van der Waals surface area contributed by atoms with Crippen LogP contribution < -0.4 is 18.9 Å². The molecule has 0 aromatic heterocycles. The van der Waals surface area contributed by atoms with Crippen LogP contribution in [0.1, 0.15) is 147 Å². The molecule has 0 aliphatic carbocycles. The molecule has 0 radical (unpaired) electrons. The molecular weight excluding hydrogens is 1010 g/mol. The standard InChI is InChI=1S/C68H74O12/c1-5-37-79-67(71)61-47-53(23-21-51-25-29-57-49-59(33-31-55(57)45-51)73-39-15-9-13-19-43-77-65(69)7-3)27-35-63(61)75-41-17-11-12-18-42-76-64-36-28-54(48-62(64)68(72)80-38-6-2)24-22-52-26-30-58-50-60(34-32-56(58)46-52)74-40-16-10-14-20-44-78-66(70)8-4/h7-8,25-36,45-50H,3-6,9-20,37-44H2,1-2H3. The first kappa shape index (κ1) is 60.7. The minimum atomic E-state index is -0.453. The first-order valence-electron chi connectivity index (χ1n) is 28.0. The second-order valence-corrected chi connectivity index (χ2v) is 19.0. The van der Waals surface area contributed by atoms with Crippen LogP contribution in [0.15, 0.2) is 135 Å². The summed E-state index contributed by atoms with van der Waals surface area (Å²) in [5, 5.41) is 4.16. The predicted octanol–water partition coefficient (Wildman–Crippen LogP) is 14.3. The van der Waals surface area contributed by atoms with Crippen molar-refractivity contribution in [3.63, 3.8) is 0 Å². The zero-order valence-corrected chi connectivity index (χ0v) is 46.4. The Morgan fingerprint density at radius 3 is 1.06 bits per heavy atom. The third-order valence-electron chi connectivity index (χ3n) is 12.6. The summed E-state index contributed by atoms with van der Waals surface area (Å²) in [7, 11) is 0. The van der Waals surface area contributed by atoms with E-state index in [1.807, 2.05) is 98.8 Å². The summed E-state index contributed by atoms with van der Waals surface area (Å²) in [5.41, 5.74) is 3.67. The fourth-order valence-corrected chi connectivity index (χ4v) is 8.28. The zero-order chi connectivity index (χ0) is 56.6. The third-order valence-corrected chi connectivity index (χ3v) is 12.6. The fourth-order valence-electron chi connectivity index (χ4n) is 8.28. The van der Waals surface area contributed by atoms with E-state index in [1.165, 1.54) is 12.2 Å². The van der Waals surface area contributed by atoms with Gasteiger partial charge in [0.15, 0.2) is 0 Å². The van der Waals surface area contributed by atoms with Crippen molar-refractivity contribution in [2.45, 2.75) is 104 Å². The molecule has 6 rings (SSSR count). The maximum Gasteiger partial charge on any atom is 0.341 e. The topological polar surface area (TPSA) is 142 Å². The van der Waals surface area contributed by atoms with Gasteiger partial charge in [-0.3, -0.25) is 0 Å². The molecule has 6 aromatic carbocycles. The van der Waals surface area contributed by atoms with Crippen LogP contribution in [0.25, 0.3) is 21.5 Å². The zero-order valence-electron chi connectivity index (χ0n) is 46.4. The molecule has 0 spiro atoms. The second kappa shape index (κ2) is 34.4. The van der Waals surface area contributed by atoms with Crippen LogP contribution in [0.4, 0.5) is 0 Å². The third kappa shape index (κ3) is 21.1. The Labute approximate surface area is 471 Å². The molecule has 0 unspecified atom stereocenters. The van der Waals surface area contributed by atoms with Crippen LogP contribution >= 0.6 is 0 Å². The average molecular weight is 1080 g/mol. The number of benzene rings is 6. The van der Waals surface area contributed by atoms with Gasteiger partial charge < -0.3 is 37.9 Å². The van der Waals surface area contributed by atoms with Crippen LogP contribution in [0.5, 0.6) is 23.0 Å². The Balaban J connectivity index is 0.947. The first-order valence-corrected chi connectivity index (χ1v) is 28.0. The molecule has 80 heavy (non-hydrogen) atoms. The van der Waals surface area contributed by atoms with Gasteiger partial charge in [0.05, 0.1) is 52.9 Å². The molecule has 0 aliphatic heterocycles. The van der Waals surface area contributed by atoms with E-state index in [9.17, 15) is 19.2 Å². The van der Waals surface area contributed by atoms with Crippen molar-refractivity contribution in [3.05, 3.63) is 168 Å². The predicted molar refractivity (Wildman–Crippen MR) is 314 cm³/mol. The highest BCUT2D eigenvalue weighted by Crippen LogP contribution is 2.27. The lowest BCUT2D eigenvalue weighted by Crippen LogP contribution is -2.10. The van der Waals surface area contributed by atoms with Crippen molar-refractivity contribution in [2.24, 2.45) is 0 Å². The largest absolute Gasteiger partial charge is 0.494 e. The summed E-state index contributed by atoms with van der Waals surface area (Å²) in [4.78, 5) is 48.8. The molecule has 6 aromatic rings. The maximum absolute atomic E-state index is 13.2. The molecule has 0 amide bonds. The van der Waals surface area contributed by atoms with Gasteiger partial charge in [0.2, 0.25) is 0 Å². The van der Waals surface area contributed by atoms with E-state index < -0.39 is 11.9 Å². The quantitative estimate of drug-likeness (QED) is 0.0127. The minimum Gasteiger partial charge on any atom is -0.494 e. The highest BCUT2D eigenvalue weighted by Gasteiger charge is 2.17. The normalized spacial score (nSPS) is 10.6.